The molecular formula is C10H16N2O3. The van der Waals surface area contributed by atoms with E-state index in [0.717, 1.165) is 0 Å². The number of esters is 1. The Morgan fingerprint density at radius 1 is 1.73 bits per heavy atom. The second-order valence-corrected chi connectivity index (χ2v) is 3.51. The summed E-state index contributed by atoms with van der Waals surface area (Å²) in [5.74, 6) is -0.469. The first-order valence-corrected chi connectivity index (χ1v) is 4.95. The van der Waals surface area contributed by atoms with E-state index in [1.165, 1.54) is 11.0 Å². The molecule has 0 spiro atoms. The molecule has 5 nitrogen and oxygen atoms in total. The Kier molecular flexibility index (Phi) is 3.85. The minimum Gasteiger partial charge on any atom is -0.463 e. The first-order valence-electron chi connectivity index (χ1n) is 4.95. The molecule has 1 fully saturated rings. The van der Waals surface area contributed by atoms with Gasteiger partial charge in [0.1, 0.15) is 0 Å². The van der Waals surface area contributed by atoms with Gasteiger partial charge in [-0.3, -0.25) is 4.79 Å². The third-order valence-electron chi connectivity index (χ3n) is 2.19. The van der Waals surface area contributed by atoms with Crippen LogP contribution in [0, 0.1) is 0 Å². The van der Waals surface area contributed by atoms with E-state index >= 15 is 0 Å². The van der Waals surface area contributed by atoms with Gasteiger partial charge in [0.25, 0.3) is 0 Å². The van der Waals surface area contributed by atoms with E-state index in [2.05, 4.69) is 0 Å². The summed E-state index contributed by atoms with van der Waals surface area (Å²) in [7, 11) is 0. The quantitative estimate of drug-likeness (QED) is 0.528. The van der Waals surface area contributed by atoms with Gasteiger partial charge in [0.15, 0.2) is 0 Å². The van der Waals surface area contributed by atoms with Gasteiger partial charge >= 0.3 is 5.97 Å². The molecule has 0 saturated carbocycles. The summed E-state index contributed by atoms with van der Waals surface area (Å²) >= 11 is 0. The normalized spacial score (nSPS) is 22.1. The molecule has 0 bridgehead atoms. The minimum absolute atomic E-state index is 0.0412. The first-order chi connectivity index (χ1) is 7.04. The minimum atomic E-state index is -0.428. The molecule has 1 heterocycles. The van der Waals surface area contributed by atoms with Crippen molar-refractivity contribution >= 4 is 11.9 Å². The third kappa shape index (κ3) is 3.06. The Labute approximate surface area is 88.9 Å². The van der Waals surface area contributed by atoms with Crippen LogP contribution in [0.25, 0.3) is 0 Å². The zero-order valence-electron chi connectivity index (χ0n) is 9.03. The summed E-state index contributed by atoms with van der Waals surface area (Å²) in [6, 6.07) is -0.136. The van der Waals surface area contributed by atoms with E-state index in [-0.39, 0.29) is 11.9 Å². The summed E-state index contributed by atoms with van der Waals surface area (Å²) in [4.78, 5) is 24.1. The van der Waals surface area contributed by atoms with E-state index < -0.39 is 5.97 Å². The zero-order valence-corrected chi connectivity index (χ0v) is 9.03. The van der Waals surface area contributed by atoms with Crippen molar-refractivity contribution in [3.63, 3.8) is 0 Å². The number of nitrogens with zero attached hydrogens (tertiary/aromatic N) is 1. The van der Waals surface area contributed by atoms with Gasteiger partial charge in [-0.25, -0.2) is 4.79 Å². The lowest BCUT2D eigenvalue weighted by molar-refractivity contribution is -0.137. The summed E-state index contributed by atoms with van der Waals surface area (Å²) < 4.78 is 4.75. The van der Waals surface area contributed by atoms with Crippen molar-refractivity contribution in [2.75, 3.05) is 13.2 Å². The summed E-state index contributed by atoms with van der Waals surface area (Å²) in [6.07, 6.45) is 1.66. The Bertz CT molecular complexity index is 299. The van der Waals surface area contributed by atoms with E-state index in [4.69, 9.17) is 10.5 Å². The molecule has 0 aromatic carbocycles. The molecule has 1 amide bonds. The number of ether oxygens (including phenoxy) is 1. The average Bonchev–Trinajstić information content (AvgIpc) is 2.45. The van der Waals surface area contributed by atoms with Crippen molar-refractivity contribution in [1.29, 1.82) is 0 Å². The molecule has 1 aliphatic heterocycles. The molecule has 0 aliphatic carbocycles. The van der Waals surface area contributed by atoms with Crippen LogP contribution in [-0.2, 0) is 14.3 Å². The zero-order chi connectivity index (χ0) is 11.4. The first kappa shape index (κ1) is 11.7. The largest absolute Gasteiger partial charge is 0.463 e. The van der Waals surface area contributed by atoms with Gasteiger partial charge in [0.2, 0.25) is 5.91 Å². The number of likely N-dealkylation sites (tertiary alicyclic amines) is 1. The molecule has 2 N–H and O–H groups in total. The van der Waals surface area contributed by atoms with Crippen molar-refractivity contribution in [2.24, 2.45) is 5.73 Å². The number of nitrogens with two attached hydrogens (primary N) is 1. The van der Waals surface area contributed by atoms with E-state index in [1.54, 1.807) is 13.8 Å². The van der Waals surface area contributed by atoms with Crippen molar-refractivity contribution in [1.82, 2.24) is 4.90 Å². The van der Waals surface area contributed by atoms with Crippen LogP contribution in [0.5, 0.6) is 0 Å². The van der Waals surface area contributed by atoms with Gasteiger partial charge in [-0.2, -0.15) is 0 Å². The number of allylic oxidation sites excluding steroid dienone is 1. The Balaban J connectivity index is 2.63. The molecular weight excluding hydrogens is 196 g/mol. The highest BCUT2D eigenvalue weighted by atomic mass is 16.5. The highest BCUT2D eigenvalue weighted by molar-refractivity contribution is 5.86. The van der Waals surface area contributed by atoms with Crippen LogP contribution in [0.15, 0.2) is 11.8 Å². The molecule has 1 unspecified atom stereocenters. The van der Waals surface area contributed by atoms with Crippen LogP contribution < -0.4 is 5.73 Å². The number of carbonyl (C=O) groups excluding carboxylic acids is 2. The Morgan fingerprint density at radius 3 is 2.87 bits per heavy atom. The number of carbonyl (C=O) groups is 2. The van der Waals surface area contributed by atoms with Gasteiger partial charge in [-0.15, -0.1) is 0 Å². The standard InChI is InChI=1S/C10H16N2O3/c1-3-15-10(14)4-7(2)12-6-8(11)5-9(12)13/h4,8H,3,5-6,11H2,1-2H3. The topological polar surface area (TPSA) is 72.6 Å². The van der Waals surface area contributed by atoms with Crippen LogP contribution >= 0.6 is 0 Å². The Hall–Kier alpha value is -1.36. The molecule has 1 rings (SSSR count). The van der Waals surface area contributed by atoms with Crippen molar-refractivity contribution in [3.05, 3.63) is 11.8 Å². The van der Waals surface area contributed by atoms with Gasteiger partial charge in [0.05, 0.1) is 6.61 Å². The van der Waals surface area contributed by atoms with Crippen LogP contribution in [0.1, 0.15) is 20.3 Å². The van der Waals surface area contributed by atoms with Crippen molar-refractivity contribution < 1.29 is 14.3 Å². The average molecular weight is 212 g/mol. The summed E-state index contributed by atoms with van der Waals surface area (Å²) in [6.45, 7) is 4.24. The number of hydrogen-bond acceptors (Lipinski definition) is 4. The highest BCUT2D eigenvalue weighted by Gasteiger charge is 2.28. The molecule has 1 aliphatic rings. The number of hydrogen-bond donors (Lipinski definition) is 1. The lowest BCUT2D eigenvalue weighted by Crippen LogP contribution is -2.27. The SMILES string of the molecule is CCOC(=O)C=C(C)N1CC(N)CC1=O. The Morgan fingerprint density at radius 2 is 2.40 bits per heavy atom. The maximum Gasteiger partial charge on any atom is 0.332 e. The predicted octanol–water partition coefficient (Wildman–Crippen LogP) is 0.0129. The summed E-state index contributed by atoms with van der Waals surface area (Å²) in [5, 5.41) is 0. The van der Waals surface area contributed by atoms with Gasteiger partial charge in [-0.05, 0) is 13.8 Å². The molecule has 0 aromatic rings. The molecule has 5 heteroatoms. The maximum atomic E-state index is 11.4. The fourth-order valence-electron chi connectivity index (χ4n) is 1.51. The molecule has 1 atom stereocenters. The molecule has 15 heavy (non-hydrogen) atoms. The second-order valence-electron chi connectivity index (χ2n) is 3.51. The number of rotatable bonds is 3. The van der Waals surface area contributed by atoms with Crippen molar-refractivity contribution in [3.8, 4) is 0 Å². The van der Waals surface area contributed by atoms with Crippen molar-refractivity contribution in [2.45, 2.75) is 26.3 Å². The van der Waals surface area contributed by atoms with Crippen LogP contribution in [0.3, 0.4) is 0 Å². The highest BCUT2D eigenvalue weighted by Crippen LogP contribution is 2.15. The number of amides is 1. The molecule has 0 aromatic heterocycles. The monoisotopic (exact) mass is 212 g/mol. The van der Waals surface area contributed by atoms with Gasteiger partial charge in [-0.1, -0.05) is 0 Å². The van der Waals surface area contributed by atoms with Gasteiger partial charge < -0.3 is 15.4 Å². The third-order valence-corrected chi connectivity index (χ3v) is 2.19. The summed E-state index contributed by atoms with van der Waals surface area (Å²) in [5.41, 5.74) is 6.23. The predicted molar refractivity (Wildman–Crippen MR) is 54.7 cm³/mol. The lowest BCUT2D eigenvalue weighted by Gasteiger charge is -2.16. The molecule has 84 valence electrons. The fourth-order valence-corrected chi connectivity index (χ4v) is 1.51. The smallest absolute Gasteiger partial charge is 0.332 e. The molecule has 0 radical (unpaired) electrons. The van der Waals surface area contributed by atoms with E-state index in [0.29, 0.717) is 25.3 Å². The van der Waals surface area contributed by atoms with Crippen LogP contribution in [0.2, 0.25) is 0 Å². The van der Waals surface area contributed by atoms with E-state index in [1.807, 2.05) is 0 Å². The molecule has 1 saturated heterocycles. The lowest BCUT2D eigenvalue weighted by atomic mass is 10.3. The fraction of sp³-hybridized carbons (Fsp3) is 0.600. The van der Waals surface area contributed by atoms with Crippen LogP contribution in [-0.4, -0.2) is 36.0 Å². The maximum absolute atomic E-state index is 11.4. The second kappa shape index (κ2) is 4.93. The van der Waals surface area contributed by atoms with Crippen LogP contribution in [0.4, 0.5) is 0 Å². The van der Waals surface area contributed by atoms with Gasteiger partial charge in [0, 0.05) is 30.8 Å². The van der Waals surface area contributed by atoms with E-state index in [9.17, 15) is 9.59 Å².